The molecule has 0 unspecified atom stereocenters. The minimum absolute atomic E-state index is 0.0643. The molecule has 0 spiro atoms. The van der Waals surface area contributed by atoms with Gasteiger partial charge in [-0.15, -0.1) is 0 Å². The molecule has 15 heavy (non-hydrogen) atoms. The van der Waals surface area contributed by atoms with Crippen LogP contribution in [0.15, 0.2) is 18.2 Å². The molecular formula is C11H15Cl2NO. The average molecular weight is 248 g/mol. The molecule has 2 atom stereocenters. The smallest absolute Gasteiger partial charge is 0.0595 e. The summed E-state index contributed by atoms with van der Waals surface area (Å²) in [5, 5.41) is 13.3. The maximum Gasteiger partial charge on any atom is 0.0595 e. The zero-order valence-electron chi connectivity index (χ0n) is 8.80. The highest BCUT2D eigenvalue weighted by atomic mass is 35.5. The van der Waals surface area contributed by atoms with E-state index < -0.39 is 0 Å². The number of hydrogen-bond donors (Lipinski definition) is 2. The summed E-state index contributed by atoms with van der Waals surface area (Å²) in [5.41, 5.74) is 1.06. The molecule has 2 N–H and O–H groups in total. The fourth-order valence-corrected chi connectivity index (χ4v) is 1.66. The molecule has 0 radical (unpaired) electrons. The summed E-state index contributed by atoms with van der Waals surface area (Å²) in [6, 6.07) is 5.75. The van der Waals surface area contributed by atoms with Crippen LogP contribution in [-0.2, 0) is 0 Å². The van der Waals surface area contributed by atoms with Crippen molar-refractivity contribution in [1.82, 2.24) is 5.32 Å². The average Bonchev–Trinajstić information content (AvgIpc) is 2.21. The van der Waals surface area contributed by atoms with Gasteiger partial charge in [0.2, 0.25) is 0 Å². The van der Waals surface area contributed by atoms with Crippen LogP contribution in [0.1, 0.15) is 25.5 Å². The lowest BCUT2D eigenvalue weighted by Crippen LogP contribution is -2.31. The largest absolute Gasteiger partial charge is 0.395 e. The highest BCUT2D eigenvalue weighted by Gasteiger charge is 2.09. The summed E-state index contributed by atoms with van der Waals surface area (Å²) in [7, 11) is 0. The van der Waals surface area contributed by atoms with Gasteiger partial charge in [0, 0.05) is 12.1 Å². The molecule has 0 saturated carbocycles. The second-order valence-electron chi connectivity index (χ2n) is 3.65. The third-order valence-electron chi connectivity index (χ3n) is 2.25. The first-order chi connectivity index (χ1) is 7.04. The molecule has 0 aromatic heterocycles. The molecule has 0 aliphatic heterocycles. The lowest BCUT2D eigenvalue weighted by molar-refractivity contribution is 0.243. The molecule has 0 heterocycles. The van der Waals surface area contributed by atoms with E-state index in [-0.39, 0.29) is 18.7 Å². The number of aliphatic hydroxyl groups excluding tert-OH is 1. The number of hydrogen-bond acceptors (Lipinski definition) is 2. The summed E-state index contributed by atoms with van der Waals surface area (Å²) >= 11 is 11.7. The van der Waals surface area contributed by atoms with E-state index in [0.29, 0.717) is 10.0 Å². The maximum atomic E-state index is 8.92. The topological polar surface area (TPSA) is 32.3 Å². The fraction of sp³-hybridized carbons (Fsp3) is 0.455. The Morgan fingerprint density at radius 3 is 2.47 bits per heavy atom. The van der Waals surface area contributed by atoms with Crippen LogP contribution in [0.4, 0.5) is 0 Å². The summed E-state index contributed by atoms with van der Waals surface area (Å²) < 4.78 is 0. The van der Waals surface area contributed by atoms with Gasteiger partial charge in [0.25, 0.3) is 0 Å². The van der Waals surface area contributed by atoms with Gasteiger partial charge in [-0.1, -0.05) is 29.3 Å². The quantitative estimate of drug-likeness (QED) is 0.858. The van der Waals surface area contributed by atoms with Crippen LogP contribution < -0.4 is 5.32 Å². The van der Waals surface area contributed by atoms with Crippen LogP contribution in [0.3, 0.4) is 0 Å². The van der Waals surface area contributed by atoms with E-state index in [4.69, 9.17) is 28.3 Å². The number of benzene rings is 1. The van der Waals surface area contributed by atoms with E-state index in [1.54, 1.807) is 6.07 Å². The first kappa shape index (κ1) is 12.8. The van der Waals surface area contributed by atoms with Crippen LogP contribution in [0.5, 0.6) is 0 Å². The Labute approximate surface area is 100 Å². The van der Waals surface area contributed by atoms with Crippen molar-refractivity contribution in [1.29, 1.82) is 0 Å². The molecule has 2 nitrogen and oxygen atoms in total. The van der Waals surface area contributed by atoms with Gasteiger partial charge in [-0.3, -0.25) is 0 Å². The van der Waals surface area contributed by atoms with Gasteiger partial charge < -0.3 is 10.4 Å². The minimum atomic E-state index is 0.0643. The first-order valence-electron chi connectivity index (χ1n) is 4.86. The lowest BCUT2D eigenvalue weighted by atomic mass is 10.1. The summed E-state index contributed by atoms with van der Waals surface area (Å²) in [5.74, 6) is 0. The monoisotopic (exact) mass is 247 g/mol. The lowest BCUT2D eigenvalue weighted by Gasteiger charge is -2.19. The van der Waals surface area contributed by atoms with Gasteiger partial charge in [-0.05, 0) is 31.5 Å². The van der Waals surface area contributed by atoms with Gasteiger partial charge in [-0.25, -0.2) is 0 Å². The van der Waals surface area contributed by atoms with Crippen molar-refractivity contribution in [2.75, 3.05) is 6.61 Å². The van der Waals surface area contributed by atoms with E-state index >= 15 is 0 Å². The Hall–Kier alpha value is -0.280. The maximum absolute atomic E-state index is 8.92. The number of nitrogens with one attached hydrogen (secondary N) is 1. The van der Waals surface area contributed by atoms with Crippen molar-refractivity contribution >= 4 is 23.2 Å². The zero-order valence-corrected chi connectivity index (χ0v) is 10.3. The van der Waals surface area contributed by atoms with Crippen LogP contribution in [-0.4, -0.2) is 17.8 Å². The molecule has 0 fully saturated rings. The van der Waals surface area contributed by atoms with Crippen LogP contribution >= 0.6 is 23.2 Å². The Kier molecular flexibility index (Phi) is 4.87. The van der Waals surface area contributed by atoms with Gasteiger partial charge in [-0.2, -0.15) is 0 Å². The van der Waals surface area contributed by atoms with E-state index in [9.17, 15) is 0 Å². The number of rotatable bonds is 4. The summed E-state index contributed by atoms with van der Waals surface area (Å²) in [6.07, 6.45) is 0. The molecule has 0 aliphatic carbocycles. The molecule has 0 amide bonds. The van der Waals surface area contributed by atoms with Gasteiger partial charge in [0.15, 0.2) is 0 Å². The van der Waals surface area contributed by atoms with Gasteiger partial charge >= 0.3 is 0 Å². The zero-order chi connectivity index (χ0) is 11.4. The van der Waals surface area contributed by atoms with Crippen molar-refractivity contribution in [3.8, 4) is 0 Å². The Balaban J connectivity index is 2.73. The molecule has 0 aliphatic rings. The van der Waals surface area contributed by atoms with Gasteiger partial charge in [0.05, 0.1) is 16.7 Å². The van der Waals surface area contributed by atoms with E-state index in [1.807, 2.05) is 26.0 Å². The molecule has 1 aromatic rings. The normalized spacial score (nSPS) is 15.0. The molecular weight excluding hydrogens is 233 g/mol. The van der Waals surface area contributed by atoms with Crippen molar-refractivity contribution in [2.24, 2.45) is 0 Å². The Morgan fingerprint density at radius 1 is 1.27 bits per heavy atom. The van der Waals surface area contributed by atoms with E-state index in [1.165, 1.54) is 0 Å². The van der Waals surface area contributed by atoms with E-state index in [0.717, 1.165) is 5.56 Å². The highest BCUT2D eigenvalue weighted by Crippen LogP contribution is 2.25. The minimum Gasteiger partial charge on any atom is -0.395 e. The van der Waals surface area contributed by atoms with Crippen molar-refractivity contribution in [2.45, 2.75) is 25.9 Å². The third-order valence-corrected chi connectivity index (χ3v) is 2.99. The predicted molar refractivity (Wildman–Crippen MR) is 64.6 cm³/mol. The summed E-state index contributed by atoms with van der Waals surface area (Å²) in [4.78, 5) is 0. The predicted octanol–water partition coefficient (Wildman–Crippen LogP) is 3.02. The molecule has 1 aromatic carbocycles. The number of halogens is 2. The van der Waals surface area contributed by atoms with Gasteiger partial charge in [0.1, 0.15) is 0 Å². The van der Waals surface area contributed by atoms with Crippen LogP contribution in [0.2, 0.25) is 10.0 Å². The highest BCUT2D eigenvalue weighted by molar-refractivity contribution is 6.42. The summed E-state index contributed by atoms with van der Waals surface area (Å²) in [6.45, 7) is 4.06. The van der Waals surface area contributed by atoms with E-state index in [2.05, 4.69) is 5.32 Å². The molecule has 0 saturated heterocycles. The SMILES string of the molecule is C[C@H](CO)N[C@H](C)c1ccc(Cl)c(Cl)c1. The first-order valence-corrected chi connectivity index (χ1v) is 5.62. The Morgan fingerprint density at radius 2 is 1.93 bits per heavy atom. The van der Waals surface area contributed by atoms with Crippen LogP contribution in [0.25, 0.3) is 0 Å². The number of aliphatic hydroxyl groups is 1. The van der Waals surface area contributed by atoms with Crippen molar-refractivity contribution in [3.05, 3.63) is 33.8 Å². The second kappa shape index (κ2) is 5.71. The van der Waals surface area contributed by atoms with Crippen LogP contribution in [0, 0.1) is 0 Å². The second-order valence-corrected chi connectivity index (χ2v) is 4.46. The molecule has 0 bridgehead atoms. The molecule has 1 rings (SSSR count). The fourth-order valence-electron chi connectivity index (χ4n) is 1.36. The Bertz CT molecular complexity index is 330. The third kappa shape index (κ3) is 3.65. The van der Waals surface area contributed by atoms with Crippen molar-refractivity contribution in [3.63, 3.8) is 0 Å². The molecule has 4 heteroatoms. The molecule has 84 valence electrons. The van der Waals surface area contributed by atoms with Crippen molar-refractivity contribution < 1.29 is 5.11 Å². The standard InChI is InChI=1S/C11H15Cl2NO/c1-7(6-15)14-8(2)9-3-4-10(12)11(13)5-9/h3-5,7-8,14-15H,6H2,1-2H3/t7-,8-/m1/s1.